The lowest BCUT2D eigenvalue weighted by Gasteiger charge is -2.45. The topological polar surface area (TPSA) is 74.6 Å². The molecule has 4 nitrogen and oxygen atoms in total. The highest BCUT2D eigenvalue weighted by Crippen LogP contribution is 2.51. The summed E-state index contributed by atoms with van der Waals surface area (Å²) in [7, 11) is 0. The van der Waals surface area contributed by atoms with Crippen LogP contribution < -0.4 is 0 Å². The molecule has 0 aromatic carbocycles. The number of unbranched alkanes of at least 4 members (excludes halogenated alkanes) is 14. The molecule has 0 aliphatic carbocycles. The molecule has 0 rings (SSSR count). The van der Waals surface area contributed by atoms with Crippen LogP contribution in [0.15, 0.2) is 0 Å². The second-order valence-electron chi connectivity index (χ2n) is 10.6. The molecule has 0 aliphatic heterocycles. The molecule has 0 amide bonds. The summed E-state index contributed by atoms with van der Waals surface area (Å²) in [5.74, 6) is -1.61. The summed E-state index contributed by atoms with van der Waals surface area (Å²) in [5, 5.41) is 19.4. The molecule has 0 heterocycles. The third kappa shape index (κ3) is 12.8. The SMILES string of the molecule is CCCCCCCCCCC(CCCCCCCCCC)(CCC(=O)O)C(C)(C)C(=O)O. The van der Waals surface area contributed by atoms with Crippen molar-refractivity contribution in [3.05, 3.63) is 0 Å². The first-order valence-corrected chi connectivity index (χ1v) is 13.7. The average Bonchev–Trinajstić information content (AvgIpc) is 2.74. The Hall–Kier alpha value is -1.06. The Kier molecular flexibility index (Phi) is 17.8. The normalized spacial score (nSPS) is 12.2. The number of hydrogen-bond acceptors (Lipinski definition) is 2. The minimum atomic E-state index is -0.912. The van der Waals surface area contributed by atoms with Crippen molar-refractivity contribution in [2.75, 3.05) is 0 Å². The molecule has 0 radical (unpaired) electrons. The zero-order chi connectivity index (χ0) is 24.3. The third-order valence-electron chi connectivity index (χ3n) is 7.70. The Morgan fingerprint density at radius 2 is 0.906 bits per heavy atom. The standard InChI is InChI=1S/C28H54O4/c1-5-7-9-11-13-15-17-19-22-28(24-21-25(29)30,27(3,4)26(31)32)23-20-18-16-14-12-10-8-6-2/h5-24H2,1-4H3,(H,29,30)(H,31,32). The third-order valence-corrected chi connectivity index (χ3v) is 7.70. The van der Waals surface area contributed by atoms with Gasteiger partial charge in [-0.05, 0) is 38.5 Å². The molecule has 0 fully saturated rings. The van der Waals surface area contributed by atoms with E-state index in [0.29, 0.717) is 6.42 Å². The van der Waals surface area contributed by atoms with Crippen LogP contribution in [0.2, 0.25) is 0 Å². The van der Waals surface area contributed by atoms with Crippen molar-refractivity contribution in [2.24, 2.45) is 10.8 Å². The highest BCUT2D eigenvalue weighted by Gasteiger charge is 2.48. The van der Waals surface area contributed by atoms with E-state index in [1.54, 1.807) is 0 Å². The van der Waals surface area contributed by atoms with Crippen molar-refractivity contribution in [1.29, 1.82) is 0 Å². The van der Waals surface area contributed by atoms with E-state index in [1.165, 1.54) is 77.0 Å². The van der Waals surface area contributed by atoms with Gasteiger partial charge >= 0.3 is 11.9 Å². The Balaban J connectivity index is 4.90. The Morgan fingerprint density at radius 3 is 1.22 bits per heavy atom. The number of carboxylic acids is 2. The molecule has 0 unspecified atom stereocenters. The van der Waals surface area contributed by atoms with Crippen molar-refractivity contribution in [3.63, 3.8) is 0 Å². The van der Waals surface area contributed by atoms with Crippen LogP contribution in [-0.4, -0.2) is 22.2 Å². The molecule has 0 aliphatic rings. The molecule has 0 saturated heterocycles. The summed E-state index contributed by atoms with van der Waals surface area (Å²) in [5.41, 5.74) is -1.35. The summed E-state index contributed by atoms with van der Waals surface area (Å²) >= 11 is 0. The maximum atomic E-state index is 12.2. The van der Waals surface area contributed by atoms with Gasteiger partial charge in [-0.15, -0.1) is 0 Å². The van der Waals surface area contributed by atoms with Gasteiger partial charge in [-0.25, -0.2) is 0 Å². The van der Waals surface area contributed by atoms with Crippen molar-refractivity contribution < 1.29 is 19.8 Å². The second-order valence-corrected chi connectivity index (χ2v) is 10.6. The molecule has 190 valence electrons. The average molecular weight is 455 g/mol. The van der Waals surface area contributed by atoms with Crippen molar-refractivity contribution >= 4 is 11.9 Å². The molecule has 0 aromatic heterocycles. The van der Waals surface area contributed by atoms with E-state index in [4.69, 9.17) is 0 Å². The predicted octanol–water partition coefficient (Wildman–Crippen LogP) is 9.01. The monoisotopic (exact) mass is 454 g/mol. The number of aliphatic carboxylic acids is 2. The second kappa shape index (κ2) is 18.4. The lowest BCUT2D eigenvalue weighted by atomic mass is 9.58. The van der Waals surface area contributed by atoms with E-state index in [9.17, 15) is 19.8 Å². The lowest BCUT2D eigenvalue weighted by Crippen LogP contribution is -2.44. The van der Waals surface area contributed by atoms with Crippen LogP contribution in [0.3, 0.4) is 0 Å². The molecule has 0 spiro atoms. The van der Waals surface area contributed by atoms with E-state index in [1.807, 2.05) is 13.8 Å². The largest absolute Gasteiger partial charge is 0.481 e. The molecule has 2 N–H and O–H groups in total. The maximum Gasteiger partial charge on any atom is 0.309 e. The summed E-state index contributed by atoms with van der Waals surface area (Å²) in [6.07, 6.45) is 21.7. The zero-order valence-electron chi connectivity index (χ0n) is 21.9. The van der Waals surface area contributed by atoms with Gasteiger partial charge in [-0.1, -0.05) is 117 Å². The van der Waals surface area contributed by atoms with E-state index < -0.39 is 22.8 Å². The first kappa shape index (κ1) is 30.9. The smallest absolute Gasteiger partial charge is 0.309 e. The van der Waals surface area contributed by atoms with Gasteiger partial charge in [0, 0.05) is 6.42 Å². The fourth-order valence-corrected chi connectivity index (χ4v) is 5.08. The minimum absolute atomic E-state index is 0.0603. The van der Waals surface area contributed by atoms with Gasteiger partial charge in [-0.3, -0.25) is 9.59 Å². The fourth-order valence-electron chi connectivity index (χ4n) is 5.08. The van der Waals surface area contributed by atoms with Crippen LogP contribution in [-0.2, 0) is 9.59 Å². The van der Waals surface area contributed by atoms with Crippen LogP contribution in [0.4, 0.5) is 0 Å². The molecule has 0 saturated carbocycles. The van der Waals surface area contributed by atoms with Gasteiger partial charge in [0.1, 0.15) is 0 Å². The molecule has 32 heavy (non-hydrogen) atoms. The number of carbonyl (C=O) groups is 2. The number of carboxylic acid groups (broad SMARTS) is 2. The summed E-state index contributed by atoms with van der Waals surface area (Å²) < 4.78 is 0. The molecule has 0 atom stereocenters. The Morgan fingerprint density at radius 1 is 0.562 bits per heavy atom. The Labute approximate surface area is 199 Å². The van der Waals surface area contributed by atoms with Crippen molar-refractivity contribution in [2.45, 2.75) is 156 Å². The molecular weight excluding hydrogens is 400 g/mol. The van der Waals surface area contributed by atoms with Crippen LogP contribution in [0, 0.1) is 10.8 Å². The summed E-state index contributed by atoms with van der Waals surface area (Å²) in [4.78, 5) is 23.6. The minimum Gasteiger partial charge on any atom is -0.481 e. The summed E-state index contributed by atoms with van der Waals surface area (Å²) in [6.45, 7) is 8.11. The molecule has 4 heteroatoms. The number of hydrogen-bond donors (Lipinski definition) is 2. The van der Waals surface area contributed by atoms with Crippen molar-refractivity contribution in [1.82, 2.24) is 0 Å². The van der Waals surface area contributed by atoms with Crippen LogP contribution in [0.25, 0.3) is 0 Å². The lowest BCUT2D eigenvalue weighted by molar-refractivity contribution is -0.158. The van der Waals surface area contributed by atoms with Gasteiger partial charge in [0.15, 0.2) is 0 Å². The van der Waals surface area contributed by atoms with Crippen molar-refractivity contribution in [3.8, 4) is 0 Å². The molecule has 0 bridgehead atoms. The van der Waals surface area contributed by atoms with Gasteiger partial charge in [0.05, 0.1) is 5.41 Å². The first-order chi connectivity index (χ1) is 15.2. The van der Waals surface area contributed by atoms with Gasteiger partial charge in [0.2, 0.25) is 0 Å². The predicted molar refractivity (Wildman–Crippen MR) is 135 cm³/mol. The highest BCUT2D eigenvalue weighted by molar-refractivity contribution is 5.75. The summed E-state index contributed by atoms with van der Waals surface area (Å²) in [6, 6.07) is 0. The van der Waals surface area contributed by atoms with Crippen LogP contribution in [0.5, 0.6) is 0 Å². The van der Waals surface area contributed by atoms with Crippen LogP contribution >= 0.6 is 0 Å². The van der Waals surface area contributed by atoms with Gasteiger partial charge in [0.25, 0.3) is 0 Å². The van der Waals surface area contributed by atoms with E-state index >= 15 is 0 Å². The van der Waals surface area contributed by atoms with E-state index in [2.05, 4.69) is 13.8 Å². The molecule has 0 aromatic rings. The van der Waals surface area contributed by atoms with Gasteiger partial charge in [-0.2, -0.15) is 0 Å². The Bertz CT molecular complexity index is 464. The first-order valence-electron chi connectivity index (χ1n) is 13.7. The van der Waals surface area contributed by atoms with E-state index in [0.717, 1.165) is 38.5 Å². The quantitative estimate of drug-likeness (QED) is 0.151. The fraction of sp³-hybridized carbons (Fsp3) is 0.929. The van der Waals surface area contributed by atoms with E-state index in [-0.39, 0.29) is 6.42 Å². The van der Waals surface area contributed by atoms with Gasteiger partial charge < -0.3 is 10.2 Å². The maximum absolute atomic E-state index is 12.2. The van der Waals surface area contributed by atoms with Crippen LogP contribution in [0.1, 0.15) is 156 Å². The molecular formula is C28H54O4. The highest BCUT2D eigenvalue weighted by atomic mass is 16.4. The number of rotatable bonds is 23. The zero-order valence-corrected chi connectivity index (χ0v) is 21.9.